The van der Waals surface area contributed by atoms with Gasteiger partial charge in [0.05, 0.1) is 0 Å². The summed E-state index contributed by atoms with van der Waals surface area (Å²) in [6.07, 6.45) is 5.32. The van der Waals surface area contributed by atoms with E-state index in [4.69, 9.17) is 0 Å². The SMILES string of the molecule is CCCCCCNCc1cc(-c2ccccc2)cs1. The van der Waals surface area contributed by atoms with Crippen molar-refractivity contribution < 1.29 is 0 Å². The first-order valence-electron chi connectivity index (χ1n) is 7.23. The van der Waals surface area contributed by atoms with E-state index in [9.17, 15) is 0 Å². The predicted molar refractivity (Wildman–Crippen MR) is 85.6 cm³/mol. The van der Waals surface area contributed by atoms with Crippen molar-refractivity contribution in [3.8, 4) is 11.1 Å². The van der Waals surface area contributed by atoms with Gasteiger partial charge in [-0.2, -0.15) is 0 Å². The Morgan fingerprint density at radius 1 is 1.00 bits per heavy atom. The summed E-state index contributed by atoms with van der Waals surface area (Å²) in [6.45, 7) is 4.40. The molecule has 2 heteroatoms. The predicted octanol–water partition coefficient (Wildman–Crippen LogP) is 5.09. The van der Waals surface area contributed by atoms with Crippen LogP contribution in [0.1, 0.15) is 37.5 Å². The standard InChI is InChI=1S/C17H23NS/c1-2-3-4-8-11-18-13-17-12-16(14-19-17)15-9-6-5-7-10-15/h5-7,9-10,12,14,18H,2-4,8,11,13H2,1H3. The third-order valence-corrected chi connectivity index (χ3v) is 4.20. The molecule has 0 radical (unpaired) electrons. The Bertz CT molecular complexity index is 461. The second-order valence-corrected chi connectivity index (χ2v) is 5.90. The van der Waals surface area contributed by atoms with Crippen molar-refractivity contribution in [2.24, 2.45) is 0 Å². The van der Waals surface area contributed by atoms with Gasteiger partial charge in [0.15, 0.2) is 0 Å². The van der Waals surface area contributed by atoms with E-state index in [0.29, 0.717) is 0 Å². The lowest BCUT2D eigenvalue weighted by Crippen LogP contribution is -2.13. The third kappa shape index (κ3) is 4.81. The van der Waals surface area contributed by atoms with Crippen molar-refractivity contribution in [3.63, 3.8) is 0 Å². The first kappa shape index (κ1) is 14.3. The quantitative estimate of drug-likeness (QED) is 0.661. The zero-order valence-corrected chi connectivity index (χ0v) is 12.5. The van der Waals surface area contributed by atoms with Crippen LogP contribution < -0.4 is 5.32 Å². The van der Waals surface area contributed by atoms with Crippen LogP contribution in [-0.4, -0.2) is 6.54 Å². The van der Waals surface area contributed by atoms with Gasteiger partial charge in [-0.1, -0.05) is 56.5 Å². The molecule has 0 bridgehead atoms. The van der Waals surface area contributed by atoms with Gasteiger partial charge >= 0.3 is 0 Å². The van der Waals surface area contributed by atoms with Gasteiger partial charge < -0.3 is 5.32 Å². The highest BCUT2D eigenvalue weighted by Gasteiger charge is 2.01. The largest absolute Gasteiger partial charge is 0.312 e. The van der Waals surface area contributed by atoms with Crippen LogP contribution >= 0.6 is 11.3 Å². The molecule has 0 atom stereocenters. The van der Waals surface area contributed by atoms with Crippen LogP contribution in [0.2, 0.25) is 0 Å². The topological polar surface area (TPSA) is 12.0 Å². The summed E-state index contributed by atoms with van der Waals surface area (Å²) in [6, 6.07) is 12.9. The van der Waals surface area contributed by atoms with Crippen molar-refractivity contribution >= 4 is 11.3 Å². The van der Waals surface area contributed by atoms with E-state index in [1.165, 1.54) is 41.7 Å². The summed E-state index contributed by atoms with van der Waals surface area (Å²) >= 11 is 1.85. The normalized spacial score (nSPS) is 10.8. The maximum atomic E-state index is 3.54. The minimum absolute atomic E-state index is 1.00. The number of nitrogens with one attached hydrogen (secondary N) is 1. The van der Waals surface area contributed by atoms with Crippen LogP contribution in [-0.2, 0) is 6.54 Å². The summed E-state index contributed by atoms with van der Waals surface area (Å²) in [5.41, 5.74) is 2.65. The van der Waals surface area contributed by atoms with Crippen LogP contribution in [0, 0.1) is 0 Å². The molecule has 0 amide bonds. The van der Waals surface area contributed by atoms with Gasteiger partial charge in [-0.15, -0.1) is 11.3 Å². The van der Waals surface area contributed by atoms with Crippen molar-refractivity contribution in [3.05, 3.63) is 46.7 Å². The first-order valence-corrected chi connectivity index (χ1v) is 8.11. The fourth-order valence-electron chi connectivity index (χ4n) is 2.14. The number of thiophene rings is 1. The average molecular weight is 273 g/mol. The Morgan fingerprint density at radius 2 is 1.84 bits per heavy atom. The van der Waals surface area contributed by atoms with Gasteiger partial charge in [-0.3, -0.25) is 0 Å². The minimum Gasteiger partial charge on any atom is -0.312 e. The lowest BCUT2D eigenvalue weighted by Gasteiger charge is -2.02. The summed E-state index contributed by atoms with van der Waals surface area (Å²) in [5.74, 6) is 0. The monoisotopic (exact) mass is 273 g/mol. The minimum atomic E-state index is 1.00. The van der Waals surface area contributed by atoms with E-state index in [-0.39, 0.29) is 0 Å². The van der Waals surface area contributed by atoms with Crippen LogP contribution in [0.4, 0.5) is 0 Å². The first-order chi connectivity index (χ1) is 9.40. The van der Waals surface area contributed by atoms with E-state index < -0.39 is 0 Å². The molecular weight excluding hydrogens is 250 g/mol. The average Bonchev–Trinajstić information content (AvgIpc) is 2.92. The highest BCUT2D eigenvalue weighted by atomic mass is 32.1. The third-order valence-electron chi connectivity index (χ3n) is 3.27. The molecule has 2 aromatic rings. The molecule has 1 N–H and O–H groups in total. The van der Waals surface area contributed by atoms with Crippen LogP contribution in [0.25, 0.3) is 11.1 Å². The molecule has 0 aliphatic rings. The van der Waals surface area contributed by atoms with E-state index in [2.05, 4.69) is 54.0 Å². The Hall–Kier alpha value is -1.12. The second kappa shape index (κ2) is 8.13. The summed E-state index contributed by atoms with van der Waals surface area (Å²) in [7, 11) is 0. The number of benzene rings is 1. The molecule has 0 aliphatic heterocycles. The second-order valence-electron chi connectivity index (χ2n) is 4.91. The molecule has 0 fully saturated rings. The number of hydrogen-bond acceptors (Lipinski definition) is 2. The van der Waals surface area contributed by atoms with Crippen molar-refractivity contribution in [1.29, 1.82) is 0 Å². The maximum absolute atomic E-state index is 3.54. The van der Waals surface area contributed by atoms with E-state index in [0.717, 1.165) is 13.1 Å². The van der Waals surface area contributed by atoms with Crippen molar-refractivity contribution in [2.45, 2.75) is 39.2 Å². The van der Waals surface area contributed by atoms with Crippen molar-refractivity contribution in [2.75, 3.05) is 6.54 Å². The molecule has 0 spiro atoms. The molecule has 1 aromatic carbocycles. The Morgan fingerprint density at radius 3 is 2.63 bits per heavy atom. The summed E-state index contributed by atoms with van der Waals surface area (Å²) < 4.78 is 0. The van der Waals surface area contributed by atoms with E-state index in [1.54, 1.807) is 0 Å². The molecule has 1 nitrogen and oxygen atoms in total. The van der Waals surface area contributed by atoms with Gasteiger partial charge in [0.1, 0.15) is 0 Å². The highest BCUT2D eigenvalue weighted by molar-refractivity contribution is 7.10. The zero-order valence-electron chi connectivity index (χ0n) is 11.7. The lowest BCUT2D eigenvalue weighted by atomic mass is 10.1. The maximum Gasteiger partial charge on any atom is 0.0299 e. The fourth-order valence-corrected chi connectivity index (χ4v) is 3.01. The van der Waals surface area contributed by atoms with Gasteiger partial charge in [0.25, 0.3) is 0 Å². The van der Waals surface area contributed by atoms with Crippen molar-refractivity contribution in [1.82, 2.24) is 5.32 Å². The number of unbranched alkanes of at least 4 members (excludes halogenated alkanes) is 3. The molecule has 19 heavy (non-hydrogen) atoms. The molecular formula is C17H23NS. The van der Waals surface area contributed by atoms with Gasteiger partial charge in [-0.05, 0) is 35.5 Å². The van der Waals surface area contributed by atoms with Crippen LogP contribution in [0.15, 0.2) is 41.8 Å². The molecule has 1 heterocycles. The molecule has 0 aliphatic carbocycles. The molecule has 0 unspecified atom stereocenters. The Labute approximate surface area is 120 Å². The number of rotatable bonds is 8. The van der Waals surface area contributed by atoms with Gasteiger partial charge in [0, 0.05) is 11.4 Å². The summed E-state index contributed by atoms with van der Waals surface area (Å²) in [5, 5.41) is 5.79. The molecule has 2 rings (SSSR count). The zero-order chi connectivity index (χ0) is 13.3. The van der Waals surface area contributed by atoms with E-state index in [1.807, 2.05) is 11.3 Å². The fraction of sp³-hybridized carbons (Fsp3) is 0.412. The molecule has 0 saturated carbocycles. The van der Waals surface area contributed by atoms with Gasteiger partial charge in [0.2, 0.25) is 0 Å². The number of hydrogen-bond donors (Lipinski definition) is 1. The molecule has 1 aromatic heterocycles. The Balaban J connectivity index is 1.75. The smallest absolute Gasteiger partial charge is 0.0299 e. The van der Waals surface area contributed by atoms with Crippen LogP contribution in [0.5, 0.6) is 0 Å². The lowest BCUT2D eigenvalue weighted by molar-refractivity contribution is 0.601. The van der Waals surface area contributed by atoms with Gasteiger partial charge in [-0.25, -0.2) is 0 Å². The van der Waals surface area contributed by atoms with E-state index >= 15 is 0 Å². The summed E-state index contributed by atoms with van der Waals surface area (Å²) in [4.78, 5) is 1.43. The molecule has 0 saturated heterocycles. The Kier molecular flexibility index (Phi) is 6.12. The molecule has 102 valence electrons. The highest BCUT2D eigenvalue weighted by Crippen LogP contribution is 2.25. The van der Waals surface area contributed by atoms with Crippen LogP contribution in [0.3, 0.4) is 0 Å².